The zero-order valence-electron chi connectivity index (χ0n) is 19.6. The van der Waals surface area contributed by atoms with Gasteiger partial charge in [-0.1, -0.05) is 47.4 Å². The molecule has 4 rings (SSSR count). The van der Waals surface area contributed by atoms with Crippen LogP contribution < -0.4 is 5.32 Å². The summed E-state index contributed by atoms with van der Waals surface area (Å²) in [6, 6.07) is 20.0. The molecule has 11 nitrogen and oxygen atoms in total. The fourth-order valence-electron chi connectivity index (χ4n) is 3.16. The lowest BCUT2D eigenvalue weighted by molar-refractivity contribution is -0.384. The van der Waals surface area contributed by atoms with E-state index in [0.717, 1.165) is 30.5 Å². The first-order chi connectivity index (χ1) is 18.7. The standard InChI is InChI=1S/C25H16N4O7S3/c26-13-16-5-1-3-7-20(16)37-21-8-4-2-6-19(21)24(31)36-15-22(30)28-25-27-14-23(38-25)39(34,35)18-11-9-17(10-12-18)29(32)33/h1-12,14H,15H2,(H,27,28,30). The molecule has 0 aliphatic carbocycles. The Morgan fingerprint density at radius 1 is 1.05 bits per heavy atom. The van der Waals surface area contributed by atoms with E-state index in [0.29, 0.717) is 26.7 Å². The molecule has 0 unspecified atom stereocenters. The minimum atomic E-state index is -4.02. The van der Waals surface area contributed by atoms with Crippen molar-refractivity contribution >= 4 is 55.6 Å². The molecule has 0 aliphatic heterocycles. The fraction of sp³-hybridized carbons (Fsp3) is 0.0400. The molecule has 39 heavy (non-hydrogen) atoms. The molecule has 4 aromatic rings. The molecule has 0 spiro atoms. The molecule has 0 radical (unpaired) electrons. The lowest BCUT2D eigenvalue weighted by Gasteiger charge is -2.10. The second-order valence-electron chi connectivity index (χ2n) is 7.57. The molecule has 3 aromatic carbocycles. The Morgan fingerprint density at radius 2 is 1.72 bits per heavy atom. The van der Waals surface area contributed by atoms with Crippen LogP contribution in [0.25, 0.3) is 0 Å². The van der Waals surface area contributed by atoms with Crippen LogP contribution in [0.5, 0.6) is 0 Å². The molecule has 196 valence electrons. The molecule has 0 fully saturated rings. The Kier molecular flexibility index (Phi) is 8.35. The van der Waals surface area contributed by atoms with E-state index in [-0.39, 0.29) is 25.5 Å². The molecular formula is C25H16N4O7S3. The smallest absolute Gasteiger partial charge is 0.339 e. The first-order valence-corrected chi connectivity index (χ1v) is 14.0. The number of thiazole rings is 1. The van der Waals surface area contributed by atoms with Crippen LogP contribution in [0, 0.1) is 21.4 Å². The van der Waals surface area contributed by atoms with Crippen molar-refractivity contribution in [3.8, 4) is 6.07 Å². The Hall–Kier alpha value is -4.58. The van der Waals surface area contributed by atoms with Crippen LogP contribution in [0.15, 0.2) is 97.9 Å². The van der Waals surface area contributed by atoms with E-state index in [2.05, 4.69) is 16.4 Å². The number of anilines is 1. The number of nitro groups is 1. The summed E-state index contributed by atoms with van der Waals surface area (Å²) in [6.07, 6.45) is 1.05. The van der Waals surface area contributed by atoms with E-state index >= 15 is 0 Å². The van der Waals surface area contributed by atoms with Crippen molar-refractivity contribution in [2.75, 3.05) is 11.9 Å². The van der Waals surface area contributed by atoms with Crippen molar-refractivity contribution in [1.82, 2.24) is 4.98 Å². The number of hydrogen-bond acceptors (Lipinski definition) is 11. The number of esters is 1. The predicted molar refractivity (Wildman–Crippen MR) is 141 cm³/mol. The van der Waals surface area contributed by atoms with Gasteiger partial charge in [0, 0.05) is 21.9 Å². The molecule has 1 amide bonds. The van der Waals surface area contributed by atoms with Gasteiger partial charge in [-0.2, -0.15) is 5.26 Å². The summed E-state index contributed by atoms with van der Waals surface area (Å²) in [6.45, 7) is -0.656. The van der Waals surface area contributed by atoms with Crippen LogP contribution in [-0.4, -0.2) is 36.8 Å². The summed E-state index contributed by atoms with van der Waals surface area (Å²) < 4.78 is 30.5. The Balaban J connectivity index is 1.39. The Morgan fingerprint density at radius 3 is 2.41 bits per heavy atom. The average molecular weight is 581 g/mol. The van der Waals surface area contributed by atoms with E-state index in [1.54, 1.807) is 42.5 Å². The number of ether oxygens (including phenoxy) is 1. The van der Waals surface area contributed by atoms with Gasteiger partial charge in [-0.05, 0) is 36.4 Å². The molecule has 0 aliphatic rings. The van der Waals surface area contributed by atoms with Crippen LogP contribution >= 0.6 is 23.1 Å². The predicted octanol–water partition coefficient (Wildman–Crippen LogP) is 4.70. The number of hydrogen-bond donors (Lipinski definition) is 1. The maximum Gasteiger partial charge on any atom is 0.339 e. The highest BCUT2D eigenvalue weighted by Gasteiger charge is 2.23. The topological polar surface area (TPSA) is 169 Å². The third kappa shape index (κ3) is 6.47. The number of non-ortho nitro benzene ring substituents is 1. The summed E-state index contributed by atoms with van der Waals surface area (Å²) in [7, 11) is -4.02. The molecule has 0 bridgehead atoms. The summed E-state index contributed by atoms with van der Waals surface area (Å²) >= 11 is 1.89. The fourth-order valence-corrected chi connectivity index (χ4v) is 6.62. The van der Waals surface area contributed by atoms with E-state index in [1.165, 1.54) is 17.8 Å². The van der Waals surface area contributed by atoms with Gasteiger partial charge in [0.05, 0.1) is 27.1 Å². The molecule has 0 saturated heterocycles. The second kappa shape index (κ2) is 11.9. The molecule has 1 N–H and O–H groups in total. The van der Waals surface area contributed by atoms with Gasteiger partial charge in [0.1, 0.15) is 10.3 Å². The van der Waals surface area contributed by atoms with Crippen LogP contribution in [-0.2, 0) is 19.4 Å². The molecule has 0 atom stereocenters. The number of nitriles is 1. The SMILES string of the molecule is N#Cc1ccccc1Sc1ccccc1C(=O)OCC(=O)Nc1ncc(S(=O)(=O)c2ccc([N+](=O)[O-])cc2)s1. The van der Waals surface area contributed by atoms with Crippen molar-refractivity contribution in [2.24, 2.45) is 0 Å². The van der Waals surface area contributed by atoms with Gasteiger partial charge >= 0.3 is 5.97 Å². The summed E-state index contributed by atoms with van der Waals surface area (Å²) in [5.41, 5.74) is 0.395. The highest BCUT2D eigenvalue weighted by molar-refractivity contribution is 7.99. The van der Waals surface area contributed by atoms with E-state index in [1.807, 2.05) is 0 Å². The number of carbonyl (C=O) groups excluding carboxylic acids is 2. The van der Waals surface area contributed by atoms with E-state index in [4.69, 9.17) is 4.74 Å². The van der Waals surface area contributed by atoms with Gasteiger partial charge in [0.25, 0.3) is 11.6 Å². The number of nitro benzene ring substituents is 1. The Bertz CT molecular complexity index is 1710. The third-order valence-corrected chi connectivity index (χ3v) is 9.32. The normalized spacial score (nSPS) is 10.8. The number of aromatic nitrogens is 1. The zero-order chi connectivity index (χ0) is 28.0. The van der Waals surface area contributed by atoms with Crippen molar-refractivity contribution in [1.29, 1.82) is 5.26 Å². The van der Waals surface area contributed by atoms with Crippen molar-refractivity contribution < 1.29 is 27.7 Å². The van der Waals surface area contributed by atoms with Gasteiger partial charge in [-0.3, -0.25) is 20.2 Å². The minimum Gasteiger partial charge on any atom is -0.452 e. The number of sulfone groups is 1. The summed E-state index contributed by atoms with van der Waals surface area (Å²) in [5, 5.41) is 22.4. The monoisotopic (exact) mass is 580 g/mol. The van der Waals surface area contributed by atoms with Crippen molar-refractivity contribution in [3.63, 3.8) is 0 Å². The van der Waals surface area contributed by atoms with Crippen LogP contribution in [0.1, 0.15) is 15.9 Å². The number of carbonyl (C=O) groups is 2. The first-order valence-electron chi connectivity index (χ1n) is 10.9. The lowest BCUT2D eigenvalue weighted by Crippen LogP contribution is -2.21. The van der Waals surface area contributed by atoms with Crippen LogP contribution in [0.3, 0.4) is 0 Å². The minimum absolute atomic E-state index is 0.0411. The number of benzene rings is 3. The number of rotatable bonds is 9. The quantitative estimate of drug-likeness (QED) is 0.166. The lowest BCUT2D eigenvalue weighted by atomic mass is 10.2. The molecule has 1 aromatic heterocycles. The average Bonchev–Trinajstić information content (AvgIpc) is 3.41. The number of amides is 1. The van der Waals surface area contributed by atoms with Gasteiger partial charge < -0.3 is 4.74 Å². The van der Waals surface area contributed by atoms with E-state index < -0.39 is 33.2 Å². The zero-order valence-corrected chi connectivity index (χ0v) is 22.1. The van der Waals surface area contributed by atoms with Gasteiger partial charge in [-0.25, -0.2) is 18.2 Å². The molecule has 0 saturated carbocycles. The molecular weight excluding hydrogens is 564 g/mol. The summed E-state index contributed by atoms with van der Waals surface area (Å²) in [4.78, 5) is 40.1. The van der Waals surface area contributed by atoms with Gasteiger partial charge in [0.2, 0.25) is 9.84 Å². The van der Waals surface area contributed by atoms with Gasteiger partial charge in [-0.15, -0.1) is 0 Å². The van der Waals surface area contributed by atoms with Crippen molar-refractivity contribution in [2.45, 2.75) is 18.9 Å². The van der Waals surface area contributed by atoms with E-state index in [9.17, 15) is 33.4 Å². The maximum atomic E-state index is 12.8. The third-order valence-electron chi connectivity index (χ3n) is 5.02. The number of nitrogens with zero attached hydrogens (tertiary/aromatic N) is 3. The Labute approximate surface area is 230 Å². The van der Waals surface area contributed by atoms with Crippen molar-refractivity contribution in [3.05, 3.63) is 100 Å². The maximum absolute atomic E-state index is 12.8. The second-order valence-corrected chi connectivity index (χ2v) is 11.9. The van der Waals surface area contributed by atoms with Crippen LogP contribution in [0.2, 0.25) is 0 Å². The van der Waals surface area contributed by atoms with Crippen LogP contribution in [0.4, 0.5) is 10.8 Å². The highest BCUT2D eigenvalue weighted by atomic mass is 32.2. The highest BCUT2D eigenvalue weighted by Crippen LogP contribution is 2.33. The molecule has 1 heterocycles. The number of nitrogens with one attached hydrogen (secondary N) is 1. The first kappa shape index (κ1) is 27.5. The van der Waals surface area contributed by atoms with Gasteiger partial charge in [0.15, 0.2) is 11.7 Å². The summed E-state index contributed by atoms with van der Waals surface area (Å²) in [5.74, 6) is -1.50. The molecule has 14 heteroatoms. The largest absolute Gasteiger partial charge is 0.452 e.